The largest absolute Gasteiger partial charge is 0.332 e. The zero-order chi connectivity index (χ0) is 11.5. The third-order valence-electron chi connectivity index (χ3n) is 1.77. The maximum absolute atomic E-state index is 11.6. The number of H-pyrrole nitrogens is 1. The van der Waals surface area contributed by atoms with Crippen LogP contribution in [0.1, 0.15) is 12.7 Å². The smallest absolute Gasteiger partial charge is 0.257 e. The van der Waals surface area contributed by atoms with Gasteiger partial charge in [-0.3, -0.25) is 0 Å². The van der Waals surface area contributed by atoms with Crippen molar-refractivity contribution >= 4 is 10.0 Å². The molecule has 0 amide bonds. The van der Waals surface area contributed by atoms with E-state index in [0.29, 0.717) is 5.82 Å². The molecule has 7 heteroatoms. The molecule has 0 aliphatic carbocycles. The lowest BCUT2D eigenvalue weighted by atomic mass is 10.2. The number of imidazole rings is 1. The minimum Gasteiger partial charge on any atom is -0.332 e. The Hall–Kier alpha value is -1.39. The van der Waals surface area contributed by atoms with Crippen LogP contribution in [0, 0.1) is 24.2 Å². The second-order valence-electron chi connectivity index (χ2n) is 3.21. The fraction of sp³-hybridized carbons (Fsp3) is 0.500. The van der Waals surface area contributed by atoms with E-state index in [0.717, 1.165) is 0 Å². The summed E-state index contributed by atoms with van der Waals surface area (Å²) in [6.07, 6.45) is 1.24. The molecule has 1 rings (SSSR count). The quantitative estimate of drug-likeness (QED) is 0.766. The SMILES string of the molecule is Cc1ncc(S(=O)(=O)NCC(C)C#N)[nH]1. The van der Waals surface area contributed by atoms with Crippen LogP contribution in [0.2, 0.25) is 0 Å². The van der Waals surface area contributed by atoms with Crippen molar-refractivity contribution in [2.45, 2.75) is 18.9 Å². The van der Waals surface area contributed by atoms with Crippen molar-refractivity contribution in [2.24, 2.45) is 5.92 Å². The van der Waals surface area contributed by atoms with Crippen LogP contribution in [0.3, 0.4) is 0 Å². The van der Waals surface area contributed by atoms with E-state index in [1.54, 1.807) is 13.8 Å². The third kappa shape index (κ3) is 3.04. The van der Waals surface area contributed by atoms with Gasteiger partial charge in [-0.05, 0) is 13.8 Å². The van der Waals surface area contributed by atoms with Crippen LogP contribution >= 0.6 is 0 Å². The molecule has 0 bridgehead atoms. The summed E-state index contributed by atoms with van der Waals surface area (Å²) in [5.41, 5.74) is 0. The summed E-state index contributed by atoms with van der Waals surface area (Å²) in [4.78, 5) is 6.40. The van der Waals surface area contributed by atoms with Gasteiger partial charge in [-0.2, -0.15) is 5.26 Å². The van der Waals surface area contributed by atoms with Crippen molar-refractivity contribution in [1.29, 1.82) is 5.26 Å². The van der Waals surface area contributed by atoms with Crippen molar-refractivity contribution in [3.05, 3.63) is 12.0 Å². The second kappa shape index (κ2) is 4.42. The minimum atomic E-state index is -3.56. The standard InChI is InChI=1S/C8H12N4O2S/c1-6(3-9)4-11-15(13,14)8-5-10-7(2)12-8/h5-6,11H,4H2,1-2H3,(H,10,12). The predicted molar refractivity (Wildman–Crippen MR) is 53.3 cm³/mol. The number of aromatic amines is 1. The number of nitrogens with one attached hydrogen (secondary N) is 2. The molecule has 0 spiro atoms. The van der Waals surface area contributed by atoms with Gasteiger partial charge in [0.05, 0.1) is 18.2 Å². The average Bonchev–Trinajstić information content (AvgIpc) is 2.62. The third-order valence-corrected chi connectivity index (χ3v) is 3.10. The molecule has 0 radical (unpaired) electrons. The van der Waals surface area contributed by atoms with E-state index in [2.05, 4.69) is 14.7 Å². The Morgan fingerprint density at radius 2 is 2.40 bits per heavy atom. The molecule has 0 aromatic carbocycles. The van der Waals surface area contributed by atoms with Gasteiger partial charge in [0.1, 0.15) is 5.82 Å². The topological polar surface area (TPSA) is 98.6 Å². The van der Waals surface area contributed by atoms with Gasteiger partial charge in [0, 0.05) is 6.54 Å². The molecule has 1 heterocycles. The second-order valence-corrected chi connectivity index (χ2v) is 4.95. The van der Waals surface area contributed by atoms with E-state index in [1.807, 2.05) is 6.07 Å². The fourth-order valence-corrected chi connectivity index (χ4v) is 1.99. The number of hydrogen-bond acceptors (Lipinski definition) is 4. The lowest BCUT2D eigenvalue weighted by Gasteiger charge is -2.04. The normalized spacial score (nSPS) is 13.4. The summed E-state index contributed by atoms with van der Waals surface area (Å²) in [6, 6.07) is 1.94. The first kappa shape index (κ1) is 11.7. The zero-order valence-electron chi connectivity index (χ0n) is 8.48. The van der Waals surface area contributed by atoms with Crippen molar-refractivity contribution in [1.82, 2.24) is 14.7 Å². The Labute approximate surface area is 88.4 Å². The maximum atomic E-state index is 11.6. The number of hydrogen-bond donors (Lipinski definition) is 2. The molecule has 0 saturated carbocycles. The highest BCUT2D eigenvalue weighted by molar-refractivity contribution is 7.89. The van der Waals surface area contributed by atoms with E-state index in [9.17, 15) is 8.42 Å². The summed E-state index contributed by atoms with van der Waals surface area (Å²) >= 11 is 0. The molecule has 0 saturated heterocycles. The Kier molecular flexibility index (Phi) is 3.44. The number of rotatable bonds is 4. The van der Waals surface area contributed by atoms with Gasteiger partial charge in [0.25, 0.3) is 10.0 Å². The highest BCUT2D eigenvalue weighted by Gasteiger charge is 2.16. The number of sulfonamides is 1. The molecular weight excluding hydrogens is 216 g/mol. The summed E-state index contributed by atoms with van der Waals surface area (Å²) in [7, 11) is -3.56. The molecule has 2 N–H and O–H groups in total. The van der Waals surface area contributed by atoms with Gasteiger partial charge in [-0.25, -0.2) is 18.1 Å². The van der Waals surface area contributed by atoms with E-state index < -0.39 is 10.0 Å². The van der Waals surface area contributed by atoms with E-state index in [1.165, 1.54) is 6.20 Å². The Balaban J connectivity index is 2.73. The van der Waals surface area contributed by atoms with Crippen LogP contribution in [0.25, 0.3) is 0 Å². The Morgan fingerprint density at radius 1 is 1.73 bits per heavy atom. The van der Waals surface area contributed by atoms with Crippen LogP contribution in [0.4, 0.5) is 0 Å². The van der Waals surface area contributed by atoms with E-state index in [-0.39, 0.29) is 17.5 Å². The lowest BCUT2D eigenvalue weighted by Crippen LogP contribution is -2.28. The first-order valence-electron chi connectivity index (χ1n) is 4.36. The Morgan fingerprint density at radius 3 is 2.87 bits per heavy atom. The number of aryl methyl sites for hydroxylation is 1. The summed E-state index contributed by atoms with van der Waals surface area (Å²) in [5.74, 6) is 0.174. The monoisotopic (exact) mass is 228 g/mol. The summed E-state index contributed by atoms with van der Waals surface area (Å²) in [6.45, 7) is 3.40. The highest BCUT2D eigenvalue weighted by Crippen LogP contribution is 2.04. The van der Waals surface area contributed by atoms with Gasteiger partial charge in [-0.1, -0.05) is 0 Å². The Bertz CT molecular complexity index is 471. The number of aromatic nitrogens is 2. The van der Waals surface area contributed by atoms with Crippen LogP contribution in [-0.2, 0) is 10.0 Å². The molecule has 1 aromatic heterocycles. The molecule has 15 heavy (non-hydrogen) atoms. The van der Waals surface area contributed by atoms with Crippen molar-refractivity contribution in [3.8, 4) is 6.07 Å². The van der Waals surface area contributed by atoms with Gasteiger partial charge in [0.2, 0.25) is 0 Å². The van der Waals surface area contributed by atoms with Gasteiger partial charge < -0.3 is 4.98 Å². The molecular formula is C8H12N4O2S. The fourth-order valence-electron chi connectivity index (χ4n) is 0.893. The van der Waals surface area contributed by atoms with Crippen molar-refractivity contribution in [2.75, 3.05) is 6.54 Å². The van der Waals surface area contributed by atoms with E-state index >= 15 is 0 Å². The number of nitriles is 1. The predicted octanol–water partition coefficient (Wildman–Crippen LogP) is 0.156. The molecule has 0 fully saturated rings. The van der Waals surface area contributed by atoms with Crippen molar-refractivity contribution < 1.29 is 8.42 Å². The molecule has 82 valence electrons. The first-order chi connectivity index (χ1) is 6.95. The minimum absolute atomic E-state index is 0.0186. The molecule has 1 unspecified atom stereocenters. The van der Waals surface area contributed by atoms with Crippen LogP contribution in [0.15, 0.2) is 11.2 Å². The molecule has 0 aliphatic heterocycles. The lowest BCUT2D eigenvalue weighted by molar-refractivity contribution is 0.569. The van der Waals surface area contributed by atoms with Crippen molar-refractivity contribution in [3.63, 3.8) is 0 Å². The highest BCUT2D eigenvalue weighted by atomic mass is 32.2. The van der Waals surface area contributed by atoms with Gasteiger partial charge >= 0.3 is 0 Å². The number of nitrogens with zero attached hydrogens (tertiary/aromatic N) is 2. The van der Waals surface area contributed by atoms with E-state index in [4.69, 9.17) is 5.26 Å². The molecule has 1 atom stereocenters. The first-order valence-corrected chi connectivity index (χ1v) is 5.85. The molecule has 0 aliphatic rings. The maximum Gasteiger partial charge on any atom is 0.257 e. The van der Waals surface area contributed by atoms with Gasteiger partial charge in [0.15, 0.2) is 5.03 Å². The zero-order valence-corrected chi connectivity index (χ0v) is 9.30. The average molecular weight is 228 g/mol. The van der Waals surface area contributed by atoms with Crippen LogP contribution in [0.5, 0.6) is 0 Å². The summed E-state index contributed by atoms with van der Waals surface area (Å²) in [5, 5.41) is 8.52. The van der Waals surface area contributed by atoms with Crippen LogP contribution < -0.4 is 4.72 Å². The molecule has 6 nitrogen and oxygen atoms in total. The van der Waals surface area contributed by atoms with Gasteiger partial charge in [-0.15, -0.1) is 0 Å². The van der Waals surface area contributed by atoms with Crippen LogP contribution in [-0.4, -0.2) is 24.9 Å². The molecule has 1 aromatic rings. The summed E-state index contributed by atoms with van der Waals surface area (Å²) < 4.78 is 25.5.